The molecule has 1 amide bonds. The first-order valence-electron chi connectivity index (χ1n) is 8.66. The van der Waals surface area contributed by atoms with E-state index in [0.717, 1.165) is 28.1 Å². The summed E-state index contributed by atoms with van der Waals surface area (Å²) in [5, 5.41) is 2.99. The van der Waals surface area contributed by atoms with Gasteiger partial charge in [0.1, 0.15) is 5.75 Å². The molecule has 26 heavy (non-hydrogen) atoms. The fourth-order valence-corrected chi connectivity index (χ4v) is 3.10. The SMILES string of the molecule is COc1cc(NC(=O)CC(C)(C)c2ccccc2)ccc1-c1cc[nH]c1. The fourth-order valence-electron chi connectivity index (χ4n) is 3.10. The van der Waals surface area contributed by atoms with Crippen LogP contribution in [0.1, 0.15) is 25.8 Å². The maximum absolute atomic E-state index is 12.6. The summed E-state index contributed by atoms with van der Waals surface area (Å²) in [4.78, 5) is 15.6. The Balaban J connectivity index is 1.73. The average molecular weight is 348 g/mol. The van der Waals surface area contributed by atoms with Crippen molar-refractivity contribution in [2.24, 2.45) is 0 Å². The number of carbonyl (C=O) groups is 1. The first-order valence-corrected chi connectivity index (χ1v) is 8.66. The third-order valence-corrected chi connectivity index (χ3v) is 4.55. The zero-order valence-electron chi connectivity index (χ0n) is 15.4. The number of aromatic nitrogens is 1. The first-order chi connectivity index (χ1) is 12.5. The van der Waals surface area contributed by atoms with Gasteiger partial charge in [0.05, 0.1) is 7.11 Å². The molecular weight excluding hydrogens is 324 g/mol. The van der Waals surface area contributed by atoms with Gasteiger partial charge in [-0.15, -0.1) is 0 Å². The van der Waals surface area contributed by atoms with Gasteiger partial charge >= 0.3 is 0 Å². The number of anilines is 1. The normalized spacial score (nSPS) is 11.2. The van der Waals surface area contributed by atoms with Gasteiger partial charge in [0, 0.05) is 41.7 Å². The number of benzene rings is 2. The molecule has 0 spiro atoms. The Kier molecular flexibility index (Phi) is 5.12. The topological polar surface area (TPSA) is 54.1 Å². The molecule has 0 fully saturated rings. The van der Waals surface area contributed by atoms with Gasteiger partial charge in [-0.1, -0.05) is 44.2 Å². The number of rotatable bonds is 6. The Bertz CT molecular complexity index is 868. The molecule has 0 unspecified atom stereocenters. The molecule has 1 aromatic heterocycles. The van der Waals surface area contributed by atoms with Crippen LogP contribution in [0.25, 0.3) is 11.1 Å². The minimum Gasteiger partial charge on any atom is -0.496 e. The van der Waals surface area contributed by atoms with E-state index in [4.69, 9.17) is 4.74 Å². The molecule has 0 aliphatic rings. The molecule has 3 rings (SSSR count). The Labute approximate surface area is 154 Å². The highest BCUT2D eigenvalue weighted by Crippen LogP contribution is 2.33. The molecule has 0 aliphatic heterocycles. The van der Waals surface area contributed by atoms with Crippen LogP contribution in [0.4, 0.5) is 5.69 Å². The van der Waals surface area contributed by atoms with Crippen LogP contribution in [0, 0.1) is 0 Å². The van der Waals surface area contributed by atoms with Gasteiger partial charge in [-0.25, -0.2) is 0 Å². The van der Waals surface area contributed by atoms with Gasteiger partial charge < -0.3 is 15.0 Å². The molecule has 0 aliphatic carbocycles. The molecule has 2 N–H and O–H groups in total. The molecule has 4 nitrogen and oxygen atoms in total. The number of H-pyrrole nitrogens is 1. The number of amides is 1. The fraction of sp³-hybridized carbons (Fsp3) is 0.227. The smallest absolute Gasteiger partial charge is 0.225 e. The van der Waals surface area contributed by atoms with Crippen LogP contribution in [0.3, 0.4) is 0 Å². The number of aromatic amines is 1. The van der Waals surface area contributed by atoms with Crippen molar-refractivity contribution in [1.29, 1.82) is 0 Å². The Morgan fingerprint density at radius 2 is 1.88 bits per heavy atom. The number of ether oxygens (including phenoxy) is 1. The molecule has 0 radical (unpaired) electrons. The van der Waals surface area contributed by atoms with Crippen LogP contribution < -0.4 is 10.1 Å². The van der Waals surface area contributed by atoms with E-state index in [2.05, 4.69) is 36.3 Å². The molecular formula is C22H24N2O2. The maximum Gasteiger partial charge on any atom is 0.225 e. The first kappa shape index (κ1) is 17.8. The minimum absolute atomic E-state index is 0.0182. The second-order valence-electron chi connectivity index (χ2n) is 6.99. The highest BCUT2D eigenvalue weighted by molar-refractivity contribution is 5.92. The molecule has 0 saturated carbocycles. The van der Waals surface area contributed by atoms with Crippen molar-refractivity contribution in [3.63, 3.8) is 0 Å². The van der Waals surface area contributed by atoms with Gasteiger partial charge in [-0.05, 0) is 29.2 Å². The molecule has 0 atom stereocenters. The summed E-state index contributed by atoms with van der Waals surface area (Å²) in [6, 6.07) is 17.8. The van der Waals surface area contributed by atoms with Crippen LogP contribution in [0.2, 0.25) is 0 Å². The van der Waals surface area contributed by atoms with Crippen LogP contribution in [0.15, 0.2) is 67.0 Å². The van der Waals surface area contributed by atoms with Crippen LogP contribution in [-0.4, -0.2) is 18.0 Å². The monoisotopic (exact) mass is 348 g/mol. The van der Waals surface area contributed by atoms with E-state index in [0.29, 0.717) is 6.42 Å². The largest absolute Gasteiger partial charge is 0.496 e. The molecule has 134 valence electrons. The lowest BCUT2D eigenvalue weighted by atomic mass is 9.81. The zero-order valence-corrected chi connectivity index (χ0v) is 15.4. The van der Waals surface area contributed by atoms with Crippen molar-refractivity contribution < 1.29 is 9.53 Å². The van der Waals surface area contributed by atoms with E-state index in [-0.39, 0.29) is 11.3 Å². The van der Waals surface area contributed by atoms with Gasteiger partial charge in [0.15, 0.2) is 0 Å². The number of nitrogens with one attached hydrogen (secondary N) is 2. The van der Waals surface area contributed by atoms with Crippen LogP contribution in [-0.2, 0) is 10.2 Å². The van der Waals surface area contributed by atoms with E-state index >= 15 is 0 Å². The molecule has 3 aromatic rings. The Morgan fingerprint density at radius 3 is 2.54 bits per heavy atom. The van der Waals surface area contributed by atoms with E-state index in [9.17, 15) is 4.79 Å². The summed E-state index contributed by atoms with van der Waals surface area (Å²) in [5.74, 6) is 0.708. The van der Waals surface area contributed by atoms with Crippen LogP contribution in [0.5, 0.6) is 5.75 Å². The summed E-state index contributed by atoms with van der Waals surface area (Å²) < 4.78 is 5.50. The molecule has 1 heterocycles. The van der Waals surface area contributed by atoms with E-state index in [1.54, 1.807) is 7.11 Å². The van der Waals surface area contributed by atoms with E-state index in [1.165, 1.54) is 0 Å². The number of hydrogen-bond donors (Lipinski definition) is 2. The second-order valence-corrected chi connectivity index (χ2v) is 6.99. The predicted octanol–water partition coefficient (Wildman–Crippen LogP) is 5.00. The number of methoxy groups -OCH3 is 1. The zero-order chi connectivity index (χ0) is 18.6. The third kappa shape index (κ3) is 3.97. The summed E-state index contributed by atoms with van der Waals surface area (Å²) in [7, 11) is 1.63. The molecule has 0 saturated heterocycles. The Morgan fingerprint density at radius 1 is 1.12 bits per heavy atom. The van der Waals surface area contributed by atoms with Crippen molar-refractivity contribution in [1.82, 2.24) is 4.98 Å². The van der Waals surface area contributed by atoms with Gasteiger partial charge in [0.2, 0.25) is 5.91 Å². The summed E-state index contributed by atoms with van der Waals surface area (Å²) in [5.41, 5.74) is 3.67. The van der Waals surface area contributed by atoms with Crippen molar-refractivity contribution in [3.05, 3.63) is 72.6 Å². The lowest BCUT2D eigenvalue weighted by Gasteiger charge is -2.24. The summed E-state index contributed by atoms with van der Waals surface area (Å²) in [6.07, 6.45) is 4.19. The second kappa shape index (κ2) is 7.48. The van der Waals surface area contributed by atoms with Crippen molar-refractivity contribution >= 4 is 11.6 Å². The van der Waals surface area contributed by atoms with Gasteiger partial charge in [-0.2, -0.15) is 0 Å². The van der Waals surface area contributed by atoms with Crippen molar-refractivity contribution in [3.8, 4) is 16.9 Å². The maximum atomic E-state index is 12.6. The van der Waals surface area contributed by atoms with E-state index < -0.39 is 0 Å². The summed E-state index contributed by atoms with van der Waals surface area (Å²) >= 11 is 0. The van der Waals surface area contributed by atoms with Crippen molar-refractivity contribution in [2.45, 2.75) is 25.7 Å². The van der Waals surface area contributed by atoms with Crippen LogP contribution >= 0.6 is 0 Å². The van der Waals surface area contributed by atoms with Gasteiger partial charge in [0.25, 0.3) is 0 Å². The standard InChI is InChI=1S/C22H24N2O2/c1-22(2,17-7-5-4-6-8-17)14-21(25)24-18-9-10-19(20(13-18)26-3)16-11-12-23-15-16/h4-13,15,23H,14H2,1-3H3,(H,24,25). The van der Waals surface area contributed by atoms with Crippen molar-refractivity contribution in [2.75, 3.05) is 12.4 Å². The summed E-state index contributed by atoms with van der Waals surface area (Å²) in [6.45, 7) is 4.16. The predicted molar refractivity (Wildman–Crippen MR) is 105 cm³/mol. The lowest BCUT2D eigenvalue weighted by Crippen LogP contribution is -2.25. The minimum atomic E-state index is -0.236. The molecule has 0 bridgehead atoms. The molecule has 2 aromatic carbocycles. The van der Waals surface area contributed by atoms with Gasteiger partial charge in [-0.3, -0.25) is 4.79 Å². The molecule has 4 heteroatoms. The average Bonchev–Trinajstić information content (AvgIpc) is 3.16. The highest BCUT2D eigenvalue weighted by atomic mass is 16.5. The lowest BCUT2D eigenvalue weighted by molar-refractivity contribution is -0.117. The number of hydrogen-bond acceptors (Lipinski definition) is 2. The number of carbonyl (C=O) groups excluding carboxylic acids is 1. The van der Waals surface area contributed by atoms with E-state index in [1.807, 2.05) is 54.9 Å². The quantitative estimate of drug-likeness (QED) is 0.659. The highest BCUT2D eigenvalue weighted by Gasteiger charge is 2.24. The third-order valence-electron chi connectivity index (χ3n) is 4.55. The Hall–Kier alpha value is -3.01.